The third-order valence-electron chi connectivity index (χ3n) is 6.48. The lowest BCUT2D eigenvalue weighted by atomic mass is 10.1. The van der Waals surface area contributed by atoms with E-state index in [0.29, 0.717) is 26.2 Å². The Bertz CT molecular complexity index is 1460. The van der Waals surface area contributed by atoms with Crippen LogP contribution in [0, 0.1) is 5.82 Å². The number of hydrazine groups is 1. The Labute approximate surface area is 212 Å². The summed E-state index contributed by atoms with van der Waals surface area (Å²) < 4.78 is 14.7. The number of nitrogens with one attached hydrogen (secondary N) is 1. The number of Topliss-reactive ketones (excluding diaryl/α,β-unsaturated/α-hetero) is 1. The number of anilines is 2. The van der Waals surface area contributed by atoms with Gasteiger partial charge in [0.15, 0.2) is 11.6 Å². The van der Waals surface area contributed by atoms with Gasteiger partial charge in [0, 0.05) is 50.5 Å². The number of hydrogen-bond donors (Lipinski definition) is 3. The van der Waals surface area contributed by atoms with Gasteiger partial charge in [-0.2, -0.15) is 0 Å². The molecule has 10 heteroatoms. The number of aromatic amines is 1. The number of fused-ring (bicyclic) bond motifs is 1. The number of pyridine rings is 1. The summed E-state index contributed by atoms with van der Waals surface area (Å²) in [6, 6.07) is 18.4. The molecule has 2 aromatic heterocycles. The van der Waals surface area contributed by atoms with Gasteiger partial charge in [-0.1, -0.05) is 42.5 Å². The largest absolute Gasteiger partial charge is 0.403 e. The van der Waals surface area contributed by atoms with E-state index in [1.54, 1.807) is 0 Å². The molecule has 0 aliphatic carbocycles. The highest BCUT2D eigenvalue weighted by Crippen LogP contribution is 2.29. The Hall–Kier alpha value is -4.70. The van der Waals surface area contributed by atoms with Gasteiger partial charge in [0.1, 0.15) is 0 Å². The molecule has 1 amide bonds. The Morgan fingerprint density at radius 1 is 1.00 bits per heavy atom. The van der Waals surface area contributed by atoms with Crippen LogP contribution in [0.4, 0.5) is 15.9 Å². The maximum absolute atomic E-state index is 14.7. The molecule has 5 N–H and O–H groups in total. The third-order valence-corrected chi connectivity index (χ3v) is 6.48. The first-order valence-electron chi connectivity index (χ1n) is 11.8. The standard InChI is InChI=1S/C27H26FN7O2/c28-22-17-32-26(35(30)11-10-29)24-23(22)21(16-31-24)25(36)27(37)34-14-12-33(13-15-34)20-8-6-19(7-9-20)18-4-2-1-3-5-18/h1-11,16-17,31H,12-15,29-30H2/b11-10-. The van der Waals surface area contributed by atoms with Crippen LogP contribution in [0.2, 0.25) is 0 Å². The molecule has 9 nitrogen and oxygen atoms in total. The number of rotatable bonds is 6. The predicted octanol–water partition coefficient (Wildman–Crippen LogP) is 3.01. The number of halogens is 1. The monoisotopic (exact) mass is 499 g/mol. The second-order valence-electron chi connectivity index (χ2n) is 8.65. The van der Waals surface area contributed by atoms with Crippen LogP contribution in [0.1, 0.15) is 10.4 Å². The molecular weight excluding hydrogens is 473 g/mol. The summed E-state index contributed by atoms with van der Waals surface area (Å²) in [4.78, 5) is 36.6. The zero-order valence-electron chi connectivity index (χ0n) is 20.0. The van der Waals surface area contributed by atoms with Gasteiger partial charge in [-0.25, -0.2) is 15.2 Å². The van der Waals surface area contributed by atoms with Crippen LogP contribution < -0.4 is 21.5 Å². The molecule has 0 atom stereocenters. The summed E-state index contributed by atoms with van der Waals surface area (Å²) in [6.45, 7) is 1.90. The molecule has 0 radical (unpaired) electrons. The number of H-pyrrole nitrogens is 1. The highest BCUT2D eigenvalue weighted by molar-refractivity contribution is 6.45. The zero-order valence-corrected chi connectivity index (χ0v) is 20.0. The van der Waals surface area contributed by atoms with Crippen molar-refractivity contribution in [2.75, 3.05) is 36.1 Å². The molecule has 1 saturated heterocycles. The fourth-order valence-electron chi connectivity index (χ4n) is 4.55. The van der Waals surface area contributed by atoms with Crippen molar-refractivity contribution in [3.05, 3.63) is 90.8 Å². The molecular formula is C27H26FN7O2. The fourth-order valence-corrected chi connectivity index (χ4v) is 4.55. The van der Waals surface area contributed by atoms with Crippen molar-refractivity contribution in [2.24, 2.45) is 11.6 Å². The molecule has 0 unspecified atom stereocenters. The third kappa shape index (κ3) is 4.62. The quantitative estimate of drug-likeness (QED) is 0.161. The van der Waals surface area contributed by atoms with Crippen molar-refractivity contribution in [3.8, 4) is 11.1 Å². The average molecular weight is 500 g/mol. The molecule has 5 rings (SSSR count). The molecule has 2 aromatic carbocycles. The van der Waals surface area contributed by atoms with Gasteiger partial charge in [-0.15, -0.1) is 0 Å². The summed E-state index contributed by atoms with van der Waals surface area (Å²) >= 11 is 0. The van der Waals surface area contributed by atoms with Gasteiger partial charge in [0.05, 0.1) is 22.7 Å². The van der Waals surface area contributed by atoms with Gasteiger partial charge in [0.25, 0.3) is 11.7 Å². The smallest absolute Gasteiger partial charge is 0.295 e. The molecule has 1 fully saturated rings. The number of carbonyl (C=O) groups excluding carboxylic acids is 2. The topological polar surface area (TPSA) is 125 Å². The number of carbonyl (C=O) groups is 2. The van der Waals surface area contributed by atoms with E-state index in [9.17, 15) is 14.0 Å². The molecule has 1 aliphatic heterocycles. The summed E-state index contributed by atoms with van der Waals surface area (Å²) in [5.74, 6) is 3.84. The number of nitrogens with two attached hydrogens (primary N) is 2. The van der Waals surface area contributed by atoms with Crippen molar-refractivity contribution in [1.82, 2.24) is 14.9 Å². The number of benzene rings is 2. The van der Waals surface area contributed by atoms with E-state index in [0.717, 1.165) is 28.0 Å². The normalized spacial score (nSPS) is 13.9. The second-order valence-corrected chi connectivity index (χ2v) is 8.65. The van der Waals surface area contributed by atoms with E-state index in [1.807, 2.05) is 18.2 Å². The SMILES string of the molecule is N/C=C\N(N)c1ncc(F)c2c(C(=O)C(=O)N3CCN(c4ccc(-c5ccccc5)cc4)CC3)c[nH]c12. The first-order valence-corrected chi connectivity index (χ1v) is 11.8. The molecule has 0 spiro atoms. The first-order chi connectivity index (χ1) is 18.0. The Balaban J connectivity index is 1.28. The molecule has 0 bridgehead atoms. The minimum Gasteiger partial charge on any atom is -0.403 e. The zero-order chi connectivity index (χ0) is 25.9. The minimum atomic E-state index is -0.791. The Morgan fingerprint density at radius 3 is 2.35 bits per heavy atom. The number of hydrogen-bond acceptors (Lipinski definition) is 7. The lowest BCUT2D eigenvalue weighted by molar-refractivity contribution is -0.126. The van der Waals surface area contributed by atoms with E-state index < -0.39 is 17.5 Å². The van der Waals surface area contributed by atoms with Crippen molar-refractivity contribution in [1.29, 1.82) is 0 Å². The number of ketones is 1. The highest BCUT2D eigenvalue weighted by Gasteiger charge is 2.30. The first kappa shape index (κ1) is 24.0. The molecule has 0 saturated carbocycles. The number of nitrogens with zero attached hydrogens (tertiary/aromatic N) is 4. The summed E-state index contributed by atoms with van der Waals surface area (Å²) in [7, 11) is 0. The van der Waals surface area contributed by atoms with Crippen LogP contribution in [0.15, 0.2) is 79.4 Å². The molecule has 4 aromatic rings. The van der Waals surface area contributed by atoms with Crippen molar-refractivity contribution in [2.45, 2.75) is 0 Å². The second kappa shape index (κ2) is 10.1. The Kier molecular flexibility index (Phi) is 6.57. The molecule has 1 aliphatic rings. The number of piperazine rings is 1. The van der Waals surface area contributed by atoms with Gasteiger partial charge >= 0.3 is 0 Å². The Morgan fingerprint density at radius 2 is 1.68 bits per heavy atom. The average Bonchev–Trinajstić information content (AvgIpc) is 3.39. The summed E-state index contributed by atoms with van der Waals surface area (Å²) in [5.41, 5.74) is 8.83. The van der Waals surface area contributed by atoms with E-state index in [4.69, 9.17) is 11.6 Å². The van der Waals surface area contributed by atoms with Gasteiger partial charge < -0.3 is 20.5 Å². The van der Waals surface area contributed by atoms with Crippen LogP contribution in [0.3, 0.4) is 0 Å². The lowest BCUT2D eigenvalue weighted by Crippen LogP contribution is -2.50. The minimum absolute atomic E-state index is 0.0404. The van der Waals surface area contributed by atoms with Crippen molar-refractivity contribution in [3.63, 3.8) is 0 Å². The summed E-state index contributed by atoms with van der Waals surface area (Å²) in [5, 5.41) is 1.06. The van der Waals surface area contributed by atoms with Crippen molar-refractivity contribution < 1.29 is 14.0 Å². The van der Waals surface area contributed by atoms with Gasteiger partial charge in [0.2, 0.25) is 0 Å². The number of amides is 1. The van der Waals surface area contributed by atoms with E-state index in [1.165, 1.54) is 23.5 Å². The molecule has 3 heterocycles. The lowest BCUT2D eigenvalue weighted by Gasteiger charge is -2.35. The maximum atomic E-state index is 14.7. The van der Waals surface area contributed by atoms with E-state index in [-0.39, 0.29) is 22.3 Å². The van der Waals surface area contributed by atoms with Crippen LogP contribution in [0.25, 0.3) is 22.0 Å². The maximum Gasteiger partial charge on any atom is 0.295 e. The van der Waals surface area contributed by atoms with Crippen LogP contribution in [-0.4, -0.2) is 52.7 Å². The van der Waals surface area contributed by atoms with Crippen LogP contribution in [-0.2, 0) is 4.79 Å². The fraction of sp³-hybridized carbons (Fsp3) is 0.148. The molecule has 37 heavy (non-hydrogen) atoms. The van der Waals surface area contributed by atoms with E-state index in [2.05, 4.69) is 51.3 Å². The predicted molar refractivity (Wildman–Crippen MR) is 141 cm³/mol. The van der Waals surface area contributed by atoms with E-state index >= 15 is 0 Å². The number of aromatic nitrogens is 2. The van der Waals surface area contributed by atoms with Gasteiger partial charge in [-0.05, 0) is 23.3 Å². The molecule has 188 valence electrons. The van der Waals surface area contributed by atoms with Crippen molar-refractivity contribution >= 4 is 34.1 Å². The summed E-state index contributed by atoms with van der Waals surface area (Å²) in [6.07, 6.45) is 4.80. The van der Waals surface area contributed by atoms with Crippen LogP contribution in [0.5, 0.6) is 0 Å². The highest BCUT2D eigenvalue weighted by atomic mass is 19.1. The van der Waals surface area contributed by atoms with Gasteiger partial charge in [-0.3, -0.25) is 14.6 Å². The van der Waals surface area contributed by atoms with Crippen LogP contribution >= 0.6 is 0 Å².